The van der Waals surface area contributed by atoms with Crippen LogP contribution in [0.4, 0.5) is 5.82 Å². The summed E-state index contributed by atoms with van der Waals surface area (Å²) in [5.41, 5.74) is 1.43. The van der Waals surface area contributed by atoms with Crippen molar-refractivity contribution in [3.63, 3.8) is 0 Å². The average molecular weight is 378 g/mol. The van der Waals surface area contributed by atoms with Gasteiger partial charge < -0.3 is 19.9 Å². The average Bonchev–Trinajstić information content (AvgIpc) is 3.23. The van der Waals surface area contributed by atoms with E-state index in [9.17, 15) is 0 Å². The van der Waals surface area contributed by atoms with Crippen LogP contribution in [0.2, 0.25) is 0 Å². The second kappa shape index (κ2) is 8.58. The van der Waals surface area contributed by atoms with E-state index in [-0.39, 0.29) is 6.61 Å². The normalized spacial score (nSPS) is 17.7. The maximum atomic E-state index is 8.82. The van der Waals surface area contributed by atoms with Gasteiger partial charge >= 0.3 is 0 Å². The molecule has 0 bridgehead atoms. The summed E-state index contributed by atoms with van der Waals surface area (Å²) in [5, 5.41) is 13.5. The highest BCUT2D eigenvalue weighted by Crippen LogP contribution is 2.39. The Labute approximate surface area is 157 Å². The van der Waals surface area contributed by atoms with E-state index in [1.165, 1.54) is 22.2 Å². The van der Waals surface area contributed by atoms with E-state index >= 15 is 0 Å². The fraction of sp³-hybridized carbons (Fsp3) is 0.667. The van der Waals surface area contributed by atoms with Crippen LogP contribution >= 0.6 is 11.3 Å². The van der Waals surface area contributed by atoms with E-state index in [1.807, 2.05) is 11.3 Å². The molecule has 0 aromatic carbocycles. The van der Waals surface area contributed by atoms with Crippen molar-refractivity contribution in [1.82, 2.24) is 14.9 Å². The Morgan fingerprint density at radius 1 is 1.19 bits per heavy atom. The largest absolute Gasteiger partial charge is 0.394 e. The lowest BCUT2D eigenvalue weighted by atomic mass is 10.2. The van der Waals surface area contributed by atoms with E-state index in [0.29, 0.717) is 19.8 Å². The monoisotopic (exact) mass is 378 g/mol. The highest BCUT2D eigenvalue weighted by molar-refractivity contribution is 7.19. The van der Waals surface area contributed by atoms with Gasteiger partial charge in [0, 0.05) is 24.5 Å². The van der Waals surface area contributed by atoms with Crippen LogP contribution in [-0.4, -0.2) is 72.6 Å². The summed E-state index contributed by atoms with van der Waals surface area (Å²) in [6.07, 6.45) is 3.51. The second-order valence-corrected chi connectivity index (χ2v) is 7.76. The molecule has 4 rings (SSSR count). The fourth-order valence-corrected chi connectivity index (χ4v) is 4.89. The Morgan fingerprint density at radius 3 is 2.92 bits per heavy atom. The minimum atomic E-state index is 0.0550. The van der Waals surface area contributed by atoms with Crippen molar-refractivity contribution in [3.05, 3.63) is 16.3 Å². The first-order chi connectivity index (χ1) is 12.8. The molecule has 142 valence electrons. The van der Waals surface area contributed by atoms with Gasteiger partial charge in [0.2, 0.25) is 0 Å². The molecule has 0 spiro atoms. The number of nitrogens with one attached hydrogen (secondary N) is 1. The molecule has 3 heterocycles. The first kappa shape index (κ1) is 18.1. The van der Waals surface area contributed by atoms with E-state index in [4.69, 9.17) is 24.5 Å². The Hall–Kier alpha value is -1.32. The summed E-state index contributed by atoms with van der Waals surface area (Å²) in [5.74, 6) is 1.81. The quantitative estimate of drug-likeness (QED) is 0.673. The molecule has 0 radical (unpaired) electrons. The van der Waals surface area contributed by atoms with E-state index in [2.05, 4.69) is 10.2 Å². The molecule has 2 aliphatic rings. The van der Waals surface area contributed by atoms with Crippen LogP contribution in [0, 0.1) is 0 Å². The molecule has 2 aromatic heterocycles. The van der Waals surface area contributed by atoms with Crippen molar-refractivity contribution in [1.29, 1.82) is 0 Å². The molecule has 0 unspecified atom stereocenters. The van der Waals surface area contributed by atoms with Crippen LogP contribution in [0.5, 0.6) is 0 Å². The number of aryl methyl sites for hydroxylation is 2. The molecule has 1 aliphatic carbocycles. The van der Waals surface area contributed by atoms with Crippen molar-refractivity contribution in [2.75, 3.05) is 58.0 Å². The summed E-state index contributed by atoms with van der Waals surface area (Å²) in [7, 11) is 0. The van der Waals surface area contributed by atoms with Crippen molar-refractivity contribution in [2.45, 2.75) is 25.8 Å². The first-order valence-corrected chi connectivity index (χ1v) is 10.2. The number of anilines is 1. The Balaban J connectivity index is 1.55. The molecule has 0 atom stereocenters. The molecule has 0 saturated carbocycles. The van der Waals surface area contributed by atoms with Crippen molar-refractivity contribution < 1.29 is 14.6 Å². The zero-order valence-electron chi connectivity index (χ0n) is 15.0. The third kappa shape index (κ3) is 3.99. The highest BCUT2D eigenvalue weighted by atomic mass is 32.1. The zero-order chi connectivity index (χ0) is 17.8. The molecular weight excluding hydrogens is 352 g/mol. The molecule has 7 nitrogen and oxygen atoms in total. The minimum absolute atomic E-state index is 0.0550. The van der Waals surface area contributed by atoms with Gasteiger partial charge in [0.05, 0.1) is 45.0 Å². The number of fused-ring (bicyclic) bond motifs is 3. The smallest absolute Gasteiger partial charge is 0.146 e. The summed E-state index contributed by atoms with van der Waals surface area (Å²) in [6, 6.07) is 0. The topological polar surface area (TPSA) is 79.7 Å². The van der Waals surface area contributed by atoms with Crippen molar-refractivity contribution in [3.8, 4) is 0 Å². The predicted molar refractivity (Wildman–Crippen MR) is 102 cm³/mol. The molecule has 1 saturated heterocycles. The molecule has 2 aromatic rings. The van der Waals surface area contributed by atoms with Crippen molar-refractivity contribution in [2.24, 2.45) is 0 Å². The molecule has 26 heavy (non-hydrogen) atoms. The van der Waals surface area contributed by atoms with E-state index < -0.39 is 0 Å². The number of aromatic nitrogens is 2. The Kier molecular flexibility index (Phi) is 5.96. The summed E-state index contributed by atoms with van der Waals surface area (Å²) >= 11 is 1.83. The fourth-order valence-electron chi connectivity index (χ4n) is 3.61. The lowest BCUT2D eigenvalue weighted by molar-refractivity contribution is 0.0331. The van der Waals surface area contributed by atoms with E-state index in [1.54, 1.807) is 0 Å². The molecular formula is C18H26N4O3S. The van der Waals surface area contributed by atoms with Crippen LogP contribution in [0.25, 0.3) is 10.2 Å². The number of morpholine rings is 1. The van der Waals surface area contributed by atoms with Gasteiger partial charge in [-0.1, -0.05) is 0 Å². The number of ether oxygens (including phenoxy) is 2. The lowest BCUT2D eigenvalue weighted by Crippen LogP contribution is -2.36. The number of aliphatic hydroxyl groups excluding tert-OH is 1. The highest BCUT2D eigenvalue weighted by Gasteiger charge is 2.23. The zero-order valence-corrected chi connectivity index (χ0v) is 15.8. The SMILES string of the molecule is OCCOCCNc1nc(CN2CCOCC2)nc2sc3c(c12)CCC3. The first-order valence-electron chi connectivity index (χ1n) is 9.39. The summed E-state index contributed by atoms with van der Waals surface area (Å²) < 4.78 is 10.8. The number of thiophene rings is 1. The van der Waals surface area contributed by atoms with Gasteiger partial charge in [-0.05, 0) is 24.8 Å². The third-order valence-corrected chi connectivity index (χ3v) is 6.04. The van der Waals surface area contributed by atoms with Crippen LogP contribution in [0.15, 0.2) is 0 Å². The van der Waals surface area contributed by atoms with Crippen LogP contribution in [0.3, 0.4) is 0 Å². The number of hydrogen-bond acceptors (Lipinski definition) is 8. The third-order valence-electron chi connectivity index (χ3n) is 4.85. The Morgan fingerprint density at radius 2 is 2.08 bits per heavy atom. The second-order valence-electron chi connectivity index (χ2n) is 6.68. The minimum Gasteiger partial charge on any atom is -0.394 e. The van der Waals surface area contributed by atoms with Crippen LogP contribution < -0.4 is 5.32 Å². The molecule has 1 fully saturated rings. The number of aliphatic hydroxyl groups is 1. The number of hydrogen-bond donors (Lipinski definition) is 2. The van der Waals surface area contributed by atoms with Crippen LogP contribution in [-0.2, 0) is 28.9 Å². The molecule has 0 amide bonds. The maximum absolute atomic E-state index is 8.82. The predicted octanol–water partition coefficient (Wildman–Crippen LogP) is 1.43. The summed E-state index contributed by atoms with van der Waals surface area (Å²) in [6.45, 7) is 5.84. The van der Waals surface area contributed by atoms with Gasteiger partial charge in [-0.15, -0.1) is 11.3 Å². The maximum Gasteiger partial charge on any atom is 0.146 e. The number of rotatable bonds is 8. The molecule has 1 aliphatic heterocycles. The number of nitrogens with zero attached hydrogens (tertiary/aromatic N) is 3. The van der Waals surface area contributed by atoms with E-state index in [0.717, 1.165) is 62.2 Å². The van der Waals surface area contributed by atoms with Gasteiger partial charge in [-0.3, -0.25) is 4.90 Å². The summed E-state index contributed by atoms with van der Waals surface area (Å²) in [4.78, 5) is 14.7. The van der Waals surface area contributed by atoms with Gasteiger partial charge in [-0.2, -0.15) is 0 Å². The van der Waals surface area contributed by atoms with Gasteiger partial charge in [0.1, 0.15) is 16.5 Å². The van der Waals surface area contributed by atoms with Gasteiger partial charge in [-0.25, -0.2) is 9.97 Å². The molecule has 8 heteroatoms. The van der Waals surface area contributed by atoms with Gasteiger partial charge in [0.15, 0.2) is 0 Å². The Bertz CT molecular complexity index is 746. The lowest BCUT2D eigenvalue weighted by Gasteiger charge is -2.25. The standard InChI is InChI=1S/C18H26N4O3S/c23-7-11-24-8-4-19-17-16-13-2-1-3-14(13)26-18(16)21-15(20-17)12-22-5-9-25-10-6-22/h23H,1-12H2,(H,19,20,21). The van der Waals surface area contributed by atoms with Crippen LogP contribution in [0.1, 0.15) is 22.7 Å². The van der Waals surface area contributed by atoms with Crippen molar-refractivity contribution >= 4 is 27.4 Å². The molecule has 2 N–H and O–H groups in total. The van der Waals surface area contributed by atoms with Gasteiger partial charge in [0.25, 0.3) is 0 Å².